The maximum Gasteiger partial charge on any atom is 0.322 e. The summed E-state index contributed by atoms with van der Waals surface area (Å²) < 4.78 is 25.2. The van der Waals surface area contributed by atoms with Crippen molar-refractivity contribution < 1.29 is 18.4 Å². The van der Waals surface area contributed by atoms with Gasteiger partial charge in [0, 0.05) is 11.3 Å². The summed E-state index contributed by atoms with van der Waals surface area (Å²) >= 11 is 0. The number of nitrogens with one attached hydrogen (secondary N) is 1. The zero-order valence-electron chi connectivity index (χ0n) is 20.2. The summed E-state index contributed by atoms with van der Waals surface area (Å²) in [7, 11) is 1.59. The van der Waals surface area contributed by atoms with E-state index >= 15 is 0 Å². The third-order valence-corrected chi connectivity index (χ3v) is 6.19. The molecule has 182 valence electrons. The first kappa shape index (κ1) is 23.3. The van der Waals surface area contributed by atoms with Gasteiger partial charge in [-0.1, -0.05) is 59.3 Å². The number of nitrogens with zero attached hydrogens (tertiary/aromatic N) is 3. The highest BCUT2D eigenvalue weighted by atomic mass is 19.1. The van der Waals surface area contributed by atoms with Crippen molar-refractivity contribution in [3.8, 4) is 17.1 Å². The molecule has 0 radical (unpaired) electrons. The minimum absolute atomic E-state index is 0.244. The predicted molar refractivity (Wildman–Crippen MR) is 133 cm³/mol. The molecule has 0 saturated heterocycles. The smallest absolute Gasteiger partial charge is 0.322 e. The molecular weight excluding hydrogens is 459 g/mol. The average molecular weight is 485 g/mol. The molecule has 0 spiro atoms. The molecule has 4 aromatic rings. The fraction of sp³-hybridized carbons (Fsp3) is 0.179. The second-order valence-electron chi connectivity index (χ2n) is 8.67. The van der Waals surface area contributed by atoms with Gasteiger partial charge in [-0.2, -0.15) is 4.98 Å². The van der Waals surface area contributed by atoms with Crippen LogP contribution in [0.4, 0.5) is 9.18 Å². The Morgan fingerprint density at radius 3 is 2.64 bits per heavy atom. The Bertz CT molecular complexity index is 1460. The van der Waals surface area contributed by atoms with Crippen molar-refractivity contribution in [3.63, 3.8) is 0 Å². The molecule has 1 unspecified atom stereocenters. The van der Waals surface area contributed by atoms with Crippen molar-refractivity contribution in [2.24, 2.45) is 0 Å². The molecule has 0 bridgehead atoms. The number of aromatic nitrogens is 2. The summed E-state index contributed by atoms with van der Waals surface area (Å²) in [5, 5.41) is 7.18. The molecule has 0 aliphatic carbocycles. The van der Waals surface area contributed by atoms with E-state index in [4.69, 9.17) is 9.26 Å². The Hall–Kier alpha value is -4.46. The van der Waals surface area contributed by atoms with E-state index in [2.05, 4.69) is 15.5 Å². The van der Waals surface area contributed by atoms with Crippen LogP contribution in [0, 0.1) is 12.7 Å². The zero-order chi connectivity index (χ0) is 25.2. The third-order valence-electron chi connectivity index (χ3n) is 6.19. The number of carbonyl (C=O) groups excluding carboxylic acids is 1. The van der Waals surface area contributed by atoms with Crippen LogP contribution in [0.3, 0.4) is 0 Å². The van der Waals surface area contributed by atoms with Crippen molar-refractivity contribution in [2.45, 2.75) is 26.4 Å². The van der Waals surface area contributed by atoms with Gasteiger partial charge in [0.2, 0.25) is 5.82 Å². The van der Waals surface area contributed by atoms with E-state index in [0.717, 1.165) is 16.7 Å². The third kappa shape index (κ3) is 4.57. The van der Waals surface area contributed by atoms with E-state index in [1.54, 1.807) is 24.1 Å². The van der Waals surface area contributed by atoms with E-state index in [1.807, 2.05) is 62.4 Å². The minimum Gasteiger partial charge on any atom is -0.497 e. The van der Waals surface area contributed by atoms with Crippen LogP contribution in [0.2, 0.25) is 0 Å². The number of rotatable bonds is 6. The highest BCUT2D eigenvalue weighted by molar-refractivity contribution is 5.86. The van der Waals surface area contributed by atoms with Crippen LogP contribution >= 0.6 is 0 Å². The van der Waals surface area contributed by atoms with Crippen LogP contribution in [-0.2, 0) is 6.54 Å². The Kier molecular flexibility index (Phi) is 6.25. The van der Waals surface area contributed by atoms with Gasteiger partial charge in [0.15, 0.2) is 0 Å². The number of methoxy groups -OCH3 is 1. The normalized spacial score (nSPS) is 15.7. The van der Waals surface area contributed by atoms with E-state index in [9.17, 15) is 9.18 Å². The fourth-order valence-electron chi connectivity index (χ4n) is 4.39. The molecule has 3 aromatic carbocycles. The average Bonchev–Trinajstić information content (AvgIpc) is 3.36. The lowest BCUT2D eigenvalue weighted by Gasteiger charge is -2.35. The molecule has 0 fully saturated rings. The first-order valence-electron chi connectivity index (χ1n) is 11.5. The van der Waals surface area contributed by atoms with Crippen LogP contribution in [0.1, 0.15) is 35.5 Å². The van der Waals surface area contributed by atoms with Crippen molar-refractivity contribution in [2.75, 3.05) is 7.11 Å². The molecule has 0 saturated carbocycles. The van der Waals surface area contributed by atoms with Crippen molar-refractivity contribution in [1.29, 1.82) is 0 Å². The van der Waals surface area contributed by atoms with Gasteiger partial charge in [0.05, 0.1) is 25.3 Å². The second kappa shape index (κ2) is 9.65. The highest BCUT2D eigenvalue weighted by Crippen LogP contribution is 2.38. The van der Waals surface area contributed by atoms with Gasteiger partial charge in [-0.25, -0.2) is 9.18 Å². The number of carbonyl (C=O) groups is 1. The van der Waals surface area contributed by atoms with Gasteiger partial charge in [-0.05, 0) is 49.2 Å². The van der Waals surface area contributed by atoms with Gasteiger partial charge in [-0.15, -0.1) is 0 Å². The summed E-state index contributed by atoms with van der Waals surface area (Å²) in [6, 6.07) is 20.5. The molecule has 8 heteroatoms. The lowest BCUT2D eigenvalue weighted by atomic mass is 9.94. The van der Waals surface area contributed by atoms with Crippen molar-refractivity contribution >= 4 is 11.6 Å². The van der Waals surface area contributed by atoms with Crippen LogP contribution in [-0.4, -0.2) is 28.2 Å². The topological polar surface area (TPSA) is 80.5 Å². The van der Waals surface area contributed by atoms with Gasteiger partial charge < -0.3 is 14.6 Å². The Labute approximate surface area is 208 Å². The predicted octanol–water partition coefficient (Wildman–Crippen LogP) is 5.89. The van der Waals surface area contributed by atoms with E-state index in [0.29, 0.717) is 35.0 Å². The number of benzene rings is 3. The molecule has 2 amide bonds. The quantitative estimate of drug-likeness (QED) is 0.369. The van der Waals surface area contributed by atoms with Crippen molar-refractivity contribution in [3.05, 3.63) is 107 Å². The zero-order valence-corrected chi connectivity index (χ0v) is 20.2. The molecule has 2 heterocycles. The standard InChI is InChI=1S/C28H25FN4O3/c1-17-7-4-8-19(13-17)16-33-18(2)24(25(30-28(33)34)20-9-5-11-22(29)14-20)27-31-26(32-36-27)21-10-6-12-23(15-21)35-3/h4-15,25H,16H2,1-3H3,(H,30,34). The van der Waals surface area contributed by atoms with Gasteiger partial charge >= 0.3 is 6.03 Å². The van der Waals surface area contributed by atoms with E-state index in [-0.39, 0.29) is 11.9 Å². The molecule has 1 aromatic heterocycles. The monoisotopic (exact) mass is 484 g/mol. The maximum atomic E-state index is 14.1. The molecule has 36 heavy (non-hydrogen) atoms. The van der Waals surface area contributed by atoms with Crippen LogP contribution < -0.4 is 10.1 Å². The number of aryl methyl sites for hydroxylation is 1. The Balaban J connectivity index is 1.60. The van der Waals surface area contributed by atoms with Crippen LogP contribution in [0.15, 0.2) is 83.0 Å². The Morgan fingerprint density at radius 2 is 1.86 bits per heavy atom. The molecule has 7 nitrogen and oxygen atoms in total. The minimum atomic E-state index is -0.666. The maximum absolute atomic E-state index is 14.1. The highest BCUT2D eigenvalue weighted by Gasteiger charge is 2.36. The molecule has 1 atom stereocenters. The SMILES string of the molecule is COc1cccc(-c2noc(C3=C(C)N(Cc4cccc(C)c4)C(=O)NC3c3cccc(F)c3)n2)c1. The van der Waals surface area contributed by atoms with Crippen LogP contribution in [0.5, 0.6) is 5.75 Å². The fourth-order valence-corrected chi connectivity index (χ4v) is 4.39. The largest absolute Gasteiger partial charge is 0.497 e. The molecule has 5 rings (SSSR count). The lowest BCUT2D eigenvalue weighted by Crippen LogP contribution is -2.45. The summed E-state index contributed by atoms with van der Waals surface area (Å²) in [5.41, 5.74) is 4.64. The van der Waals surface area contributed by atoms with Crippen molar-refractivity contribution in [1.82, 2.24) is 20.4 Å². The number of halogens is 1. The van der Waals surface area contributed by atoms with Gasteiger partial charge in [0.1, 0.15) is 11.6 Å². The summed E-state index contributed by atoms with van der Waals surface area (Å²) in [6.07, 6.45) is 0. The van der Waals surface area contributed by atoms with Gasteiger partial charge in [-0.3, -0.25) is 4.90 Å². The summed E-state index contributed by atoms with van der Waals surface area (Å²) in [6.45, 7) is 4.20. The summed E-state index contributed by atoms with van der Waals surface area (Å²) in [4.78, 5) is 19.5. The number of allylic oxidation sites excluding steroid dienone is 1. The second-order valence-corrected chi connectivity index (χ2v) is 8.67. The first-order valence-corrected chi connectivity index (χ1v) is 11.5. The first-order chi connectivity index (χ1) is 17.4. The number of hydrogen-bond donors (Lipinski definition) is 1. The van der Waals surface area contributed by atoms with Crippen LogP contribution in [0.25, 0.3) is 17.0 Å². The number of hydrogen-bond acceptors (Lipinski definition) is 5. The van der Waals surface area contributed by atoms with Gasteiger partial charge in [0.25, 0.3) is 5.89 Å². The number of ether oxygens (including phenoxy) is 1. The Morgan fingerprint density at radius 1 is 1.06 bits per heavy atom. The van der Waals surface area contributed by atoms with E-state index < -0.39 is 11.9 Å². The summed E-state index contributed by atoms with van der Waals surface area (Å²) in [5.74, 6) is 0.892. The molecule has 1 N–H and O–H groups in total. The molecular formula is C28H25FN4O3. The number of urea groups is 1. The molecule has 1 aliphatic heterocycles. The van der Waals surface area contributed by atoms with E-state index in [1.165, 1.54) is 12.1 Å². The lowest BCUT2D eigenvalue weighted by molar-refractivity contribution is 0.203. The molecule has 1 aliphatic rings. The number of amides is 2.